The minimum Gasteiger partial charge on any atom is -0.389 e. The molecule has 2 amide bonds. The highest BCUT2D eigenvalue weighted by Gasteiger charge is 2.93. The van der Waals surface area contributed by atoms with Crippen molar-refractivity contribution < 1.29 is 129 Å². The molecule has 3 N–H and O–H groups in total. The van der Waals surface area contributed by atoms with E-state index in [9.17, 15) is 129 Å². The molecule has 0 bridgehead atoms. The average molecular weight is 782 g/mol. The molecule has 0 radical (unpaired) electrons. The second-order valence-corrected chi connectivity index (χ2v) is 8.81. The molecule has 48 heavy (non-hydrogen) atoms. The van der Waals surface area contributed by atoms with Gasteiger partial charge >= 0.3 is 71.6 Å². The van der Waals surface area contributed by atoms with Gasteiger partial charge in [0.1, 0.15) is 0 Å². The van der Waals surface area contributed by atoms with E-state index in [1.165, 1.54) is 0 Å². The lowest BCUT2D eigenvalue weighted by molar-refractivity contribution is -0.436. The summed E-state index contributed by atoms with van der Waals surface area (Å²) < 4.78 is 338. The molecule has 0 unspecified atom stereocenters. The van der Waals surface area contributed by atoms with Gasteiger partial charge in [-0.1, -0.05) is 0 Å². The molecule has 0 aliphatic rings. The second kappa shape index (κ2) is 12.1. The van der Waals surface area contributed by atoms with Crippen molar-refractivity contribution in [2.45, 2.75) is 77.7 Å². The van der Waals surface area contributed by atoms with Crippen LogP contribution in [0.3, 0.4) is 0 Å². The molecule has 0 saturated heterocycles. The third kappa shape index (κ3) is 6.41. The third-order valence-corrected chi connectivity index (χ3v) is 5.43. The summed E-state index contributed by atoms with van der Waals surface area (Å²) >= 11 is 0. The van der Waals surface area contributed by atoms with Crippen molar-refractivity contribution in [2.24, 2.45) is 0 Å². The number of amides is 2. The second-order valence-electron chi connectivity index (χ2n) is 8.81. The smallest absolute Gasteiger partial charge is 0.389 e. The molecule has 0 aliphatic carbocycles. The molecule has 0 aromatic rings. The van der Waals surface area contributed by atoms with E-state index in [4.69, 9.17) is 0 Å². The van der Waals surface area contributed by atoms with Gasteiger partial charge in [0.15, 0.2) is 0 Å². The van der Waals surface area contributed by atoms with Crippen LogP contribution in [-0.2, 0) is 9.59 Å². The Morgan fingerprint density at radius 1 is 0.375 bits per heavy atom. The summed E-state index contributed by atoms with van der Waals surface area (Å²) in [6, 6.07) is 0. The Bertz CT molecular complexity index is 1100. The van der Waals surface area contributed by atoms with E-state index >= 15 is 0 Å². The Balaban J connectivity index is 5.97. The highest BCUT2D eigenvalue weighted by molar-refractivity contribution is 5.85. The van der Waals surface area contributed by atoms with Crippen molar-refractivity contribution in [3.05, 3.63) is 0 Å². The Morgan fingerprint density at radius 2 is 0.562 bits per heavy atom. The maximum absolute atomic E-state index is 13.6. The number of rotatable bonds is 14. The molecule has 0 fully saturated rings. The zero-order valence-electron chi connectivity index (χ0n) is 21.1. The first-order valence-corrected chi connectivity index (χ1v) is 10.6. The molecule has 0 aliphatic heterocycles. The lowest BCUT2D eigenvalue weighted by Gasteiger charge is -2.39. The van der Waals surface area contributed by atoms with Crippen molar-refractivity contribution in [1.29, 1.82) is 0 Å². The molecule has 0 spiro atoms. The number of nitrogens with one attached hydrogen (secondary N) is 2. The van der Waals surface area contributed by atoms with Crippen LogP contribution < -0.4 is 10.6 Å². The fourth-order valence-corrected chi connectivity index (χ4v) is 2.54. The molecular formula is C17H8F26N2O3. The monoisotopic (exact) mass is 782 g/mol. The summed E-state index contributed by atoms with van der Waals surface area (Å²) in [5, 5.41) is 9.35. The van der Waals surface area contributed by atoms with E-state index in [1.807, 2.05) is 0 Å². The minimum absolute atomic E-state index is 0.0861. The first kappa shape index (κ1) is 45.1. The molecule has 0 atom stereocenters. The van der Waals surface area contributed by atoms with Crippen molar-refractivity contribution in [2.75, 3.05) is 13.1 Å². The molecule has 0 aromatic heterocycles. The Morgan fingerprint density at radius 3 is 0.750 bits per heavy atom. The van der Waals surface area contributed by atoms with E-state index in [2.05, 4.69) is 0 Å². The normalized spacial score (nSPS) is 15.9. The minimum atomic E-state index is -8.51. The Hall–Kier alpha value is -2.92. The molecule has 0 saturated carbocycles. The van der Waals surface area contributed by atoms with Crippen molar-refractivity contribution in [3.63, 3.8) is 0 Å². The van der Waals surface area contributed by atoms with Crippen LogP contribution >= 0.6 is 0 Å². The maximum atomic E-state index is 13.6. The number of carbonyl (C=O) groups excluding carboxylic acids is 2. The number of hydrogen-bond donors (Lipinski definition) is 3. The van der Waals surface area contributed by atoms with Crippen LogP contribution in [0.5, 0.6) is 0 Å². The standard InChI is InChI=1S/C17H8F26N2O3/c18-6(19,8(22,23)10(26,27)12(30,31)14(34,35)16(38,39)40)4(47)44-1-3(46)2-45-5(48)7(20,21)9(24,25)11(28,29)13(32,33)15(36,37)17(41,42)43/h3,46H,1-2H2,(H,44,47)(H,45,48). The molecule has 286 valence electrons. The zero-order valence-corrected chi connectivity index (χ0v) is 21.1. The molecule has 0 heterocycles. The zero-order chi connectivity index (χ0) is 39.6. The largest absolute Gasteiger partial charge is 0.460 e. The first-order chi connectivity index (χ1) is 20.4. The third-order valence-electron chi connectivity index (χ3n) is 5.43. The van der Waals surface area contributed by atoms with Gasteiger partial charge in [0.25, 0.3) is 11.8 Å². The fourth-order valence-electron chi connectivity index (χ4n) is 2.54. The van der Waals surface area contributed by atoms with Gasteiger partial charge in [0.05, 0.1) is 6.10 Å². The molecule has 31 heteroatoms. The summed E-state index contributed by atoms with van der Waals surface area (Å²) in [7, 11) is 0. The van der Waals surface area contributed by atoms with E-state index < -0.39 is 103 Å². The number of aliphatic hydroxyl groups is 1. The molecular weight excluding hydrogens is 774 g/mol. The van der Waals surface area contributed by atoms with Crippen LogP contribution in [-0.4, -0.2) is 108 Å². The summed E-state index contributed by atoms with van der Waals surface area (Å²) in [6.45, 7) is -4.86. The first-order valence-electron chi connectivity index (χ1n) is 10.6. The van der Waals surface area contributed by atoms with Gasteiger partial charge in [-0.15, -0.1) is 0 Å². The van der Waals surface area contributed by atoms with E-state index in [-0.39, 0.29) is 10.6 Å². The predicted molar refractivity (Wildman–Crippen MR) is 93.6 cm³/mol. The number of carbonyl (C=O) groups is 2. The van der Waals surface area contributed by atoms with Crippen molar-refractivity contribution >= 4 is 11.8 Å². The topological polar surface area (TPSA) is 78.4 Å². The lowest BCUT2D eigenvalue weighted by Crippen LogP contribution is -2.72. The number of halogens is 26. The SMILES string of the molecule is O=C(NCC(O)CNC(=O)C(F)(F)C(F)(F)C(F)(F)C(F)(F)C(F)(F)C(F)(F)F)C(F)(F)C(F)(F)C(F)(F)C(F)(F)C(F)(F)C(F)(F)F. The lowest BCUT2D eigenvalue weighted by atomic mass is 9.93. The predicted octanol–water partition coefficient (Wildman–Crippen LogP) is 6.06. The van der Waals surface area contributed by atoms with Crippen LogP contribution in [0.25, 0.3) is 0 Å². The van der Waals surface area contributed by atoms with E-state index in [1.54, 1.807) is 0 Å². The van der Waals surface area contributed by atoms with Crippen LogP contribution in [0.15, 0.2) is 0 Å². The number of aliphatic hydroxyl groups excluding tert-OH is 1. The summed E-state index contributed by atoms with van der Waals surface area (Å²) in [5.41, 5.74) is 0. The quantitative estimate of drug-likeness (QED) is 0.188. The number of alkyl halides is 26. The molecule has 5 nitrogen and oxygen atoms in total. The number of hydrogen-bond acceptors (Lipinski definition) is 3. The maximum Gasteiger partial charge on any atom is 0.460 e. The highest BCUT2D eigenvalue weighted by atomic mass is 19.4. The van der Waals surface area contributed by atoms with Gasteiger partial charge in [-0.2, -0.15) is 114 Å². The summed E-state index contributed by atoms with van der Waals surface area (Å²) in [6.07, 6.45) is -19.0. The molecule has 0 aromatic carbocycles. The van der Waals surface area contributed by atoms with Gasteiger partial charge in [-0.3, -0.25) is 9.59 Å². The molecule has 0 rings (SSSR count). The summed E-state index contributed by atoms with van der Waals surface area (Å²) in [4.78, 5) is 22.4. The van der Waals surface area contributed by atoms with E-state index in [0.29, 0.717) is 0 Å². The Kier molecular flexibility index (Phi) is 11.4. The van der Waals surface area contributed by atoms with E-state index in [0.717, 1.165) is 0 Å². The average Bonchev–Trinajstić information content (AvgIpc) is 2.87. The Labute approximate surface area is 243 Å². The van der Waals surface area contributed by atoms with Gasteiger partial charge in [0.2, 0.25) is 0 Å². The van der Waals surface area contributed by atoms with Gasteiger partial charge in [-0.25, -0.2) is 0 Å². The van der Waals surface area contributed by atoms with Crippen LogP contribution in [0, 0.1) is 0 Å². The van der Waals surface area contributed by atoms with Gasteiger partial charge < -0.3 is 15.7 Å². The van der Waals surface area contributed by atoms with Gasteiger partial charge in [-0.05, 0) is 0 Å². The fraction of sp³-hybridized carbons (Fsp3) is 0.882. The highest BCUT2D eigenvalue weighted by Crippen LogP contribution is 2.61. The summed E-state index contributed by atoms with van der Waals surface area (Å²) in [5.74, 6) is -90.2. The van der Waals surface area contributed by atoms with Crippen molar-refractivity contribution in [3.8, 4) is 0 Å². The van der Waals surface area contributed by atoms with Gasteiger partial charge in [0, 0.05) is 13.1 Å². The van der Waals surface area contributed by atoms with Crippen molar-refractivity contribution in [1.82, 2.24) is 10.6 Å². The van der Waals surface area contributed by atoms with Crippen LogP contribution in [0.2, 0.25) is 0 Å². The van der Waals surface area contributed by atoms with Crippen LogP contribution in [0.4, 0.5) is 114 Å². The van der Waals surface area contributed by atoms with Crippen LogP contribution in [0.1, 0.15) is 0 Å².